The molecule has 18 heavy (non-hydrogen) atoms. The highest BCUT2D eigenvalue weighted by Crippen LogP contribution is 2.37. The van der Waals surface area contributed by atoms with Crippen molar-refractivity contribution in [3.05, 3.63) is 29.8 Å². The first-order chi connectivity index (χ1) is 8.79. The highest BCUT2D eigenvalue weighted by molar-refractivity contribution is 5.40. The summed E-state index contributed by atoms with van der Waals surface area (Å²) in [5.74, 6) is 1.79. The fourth-order valence-corrected chi connectivity index (χ4v) is 3.24. The standard InChI is InChI=1S/C17H27N/c1-2-3-4-5-14-6-8-15(9-7-14)16-10-12-17(18)13-11-16/h10-15H,2-9,18H2,1H3. The van der Waals surface area contributed by atoms with Gasteiger partial charge in [0.15, 0.2) is 0 Å². The Bertz CT molecular complexity index is 333. The number of rotatable bonds is 5. The molecular formula is C17H27N. The van der Waals surface area contributed by atoms with Gasteiger partial charge in [0.1, 0.15) is 0 Å². The molecule has 2 N–H and O–H groups in total. The Labute approximate surface area is 112 Å². The van der Waals surface area contributed by atoms with Crippen LogP contribution in [0.5, 0.6) is 0 Å². The first-order valence-corrected chi connectivity index (χ1v) is 7.65. The second-order valence-corrected chi connectivity index (χ2v) is 5.88. The number of nitrogen functional groups attached to an aromatic ring is 1. The molecule has 1 aliphatic rings. The summed E-state index contributed by atoms with van der Waals surface area (Å²) in [6.45, 7) is 2.29. The van der Waals surface area contributed by atoms with Crippen molar-refractivity contribution in [3.63, 3.8) is 0 Å². The largest absolute Gasteiger partial charge is 0.399 e. The molecule has 0 aromatic heterocycles. The molecule has 0 unspecified atom stereocenters. The Morgan fingerprint density at radius 1 is 1.00 bits per heavy atom. The summed E-state index contributed by atoms with van der Waals surface area (Å²) in [7, 11) is 0. The summed E-state index contributed by atoms with van der Waals surface area (Å²) >= 11 is 0. The number of hydrogen-bond acceptors (Lipinski definition) is 1. The minimum atomic E-state index is 0.785. The van der Waals surface area contributed by atoms with Crippen molar-refractivity contribution in [1.29, 1.82) is 0 Å². The molecule has 100 valence electrons. The lowest BCUT2D eigenvalue weighted by atomic mass is 9.77. The Kier molecular flexibility index (Phi) is 5.10. The van der Waals surface area contributed by atoms with Crippen LogP contribution < -0.4 is 5.73 Å². The number of unbranched alkanes of at least 4 members (excludes halogenated alkanes) is 2. The van der Waals surface area contributed by atoms with Crippen LogP contribution in [0.2, 0.25) is 0 Å². The highest BCUT2D eigenvalue weighted by atomic mass is 14.5. The second kappa shape index (κ2) is 6.82. The van der Waals surface area contributed by atoms with Gasteiger partial charge in [0.25, 0.3) is 0 Å². The minimum Gasteiger partial charge on any atom is -0.399 e. The Morgan fingerprint density at radius 3 is 2.28 bits per heavy atom. The van der Waals surface area contributed by atoms with E-state index >= 15 is 0 Å². The lowest BCUT2D eigenvalue weighted by molar-refractivity contribution is 0.303. The molecule has 1 fully saturated rings. The van der Waals surface area contributed by atoms with E-state index < -0.39 is 0 Å². The third-order valence-corrected chi connectivity index (χ3v) is 4.47. The van der Waals surface area contributed by atoms with Gasteiger partial charge in [0.2, 0.25) is 0 Å². The van der Waals surface area contributed by atoms with E-state index in [1.165, 1.54) is 56.9 Å². The predicted octanol–water partition coefficient (Wildman–Crippen LogP) is 5.12. The van der Waals surface area contributed by atoms with Crippen LogP contribution >= 0.6 is 0 Å². The van der Waals surface area contributed by atoms with Gasteiger partial charge in [-0.1, -0.05) is 44.7 Å². The molecule has 0 amide bonds. The van der Waals surface area contributed by atoms with Crippen molar-refractivity contribution in [2.45, 2.75) is 64.2 Å². The summed E-state index contributed by atoms with van der Waals surface area (Å²) in [6, 6.07) is 8.53. The molecule has 0 atom stereocenters. The maximum absolute atomic E-state index is 5.75. The second-order valence-electron chi connectivity index (χ2n) is 5.88. The minimum absolute atomic E-state index is 0.785. The van der Waals surface area contributed by atoms with Crippen molar-refractivity contribution in [2.24, 2.45) is 5.92 Å². The van der Waals surface area contributed by atoms with Gasteiger partial charge in [-0.15, -0.1) is 0 Å². The molecule has 0 aliphatic heterocycles. The monoisotopic (exact) mass is 245 g/mol. The molecule has 0 heterocycles. The van der Waals surface area contributed by atoms with Gasteiger partial charge in [0, 0.05) is 5.69 Å². The van der Waals surface area contributed by atoms with Gasteiger partial charge >= 0.3 is 0 Å². The van der Waals surface area contributed by atoms with Crippen LogP contribution in [-0.4, -0.2) is 0 Å². The fraction of sp³-hybridized carbons (Fsp3) is 0.647. The number of nitrogens with two attached hydrogens (primary N) is 1. The smallest absolute Gasteiger partial charge is 0.0314 e. The zero-order chi connectivity index (χ0) is 12.8. The molecule has 2 rings (SSSR count). The maximum atomic E-state index is 5.75. The summed E-state index contributed by atoms with van der Waals surface area (Å²) in [5, 5.41) is 0. The fourth-order valence-electron chi connectivity index (χ4n) is 3.24. The van der Waals surface area contributed by atoms with E-state index in [-0.39, 0.29) is 0 Å². The average molecular weight is 245 g/mol. The summed E-state index contributed by atoms with van der Waals surface area (Å²) in [5.41, 5.74) is 8.12. The van der Waals surface area contributed by atoms with E-state index in [0.29, 0.717) is 0 Å². The lowest BCUT2D eigenvalue weighted by Gasteiger charge is -2.29. The molecule has 0 bridgehead atoms. The van der Waals surface area contributed by atoms with Gasteiger partial charge < -0.3 is 5.73 Å². The van der Waals surface area contributed by atoms with Crippen molar-refractivity contribution in [1.82, 2.24) is 0 Å². The SMILES string of the molecule is CCCCCC1CCC(c2ccc(N)cc2)CC1. The predicted molar refractivity (Wildman–Crippen MR) is 79.7 cm³/mol. The normalized spacial score (nSPS) is 24.1. The molecule has 1 aromatic rings. The van der Waals surface area contributed by atoms with E-state index in [1.807, 2.05) is 12.1 Å². The molecule has 1 nitrogen and oxygen atoms in total. The Hall–Kier alpha value is -0.980. The van der Waals surface area contributed by atoms with Crippen LogP contribution in [-0.2, 0) is 0 Å². The molecule has 0 radical (unpaired) electrons. The Balaban J connectivity index is 1.77. The van der Waals surface area contributed by atoms with Gasteiger partial charge in [-0.2, -0.15) is 0 Å². The van der Waals surface area contributed by atoms with E-state index in [9.17, 15) is 0 Å². The Morgan fingerprint density at radius 2 is 1.67 bits per heavy atom. The maximum Gasteiger partial charge on any atom is 0.0314 e. The summed E-state index contributed by atoms with van der Waals surface area (Å²) < 4.78 is 0. The van der Waals surface area contributed by atoms with Crippen molar-refractivity contribution in [2.75, 3.05) is 5.73 Å². The van der Waals surface area contributed by atoms with Crippen LogP contribution in [0.3, 0.4) is 0 Å². The summed E-state index contributed by atoms with van der Waals surface area (Å²) in [4.78, 5) is 0. The zero-order valence-electron chi connectivity index (χ0n) is 11.7. The molecule has 1 aromatic carbocycles. The molecule has 1 saturated carbocycles. The molecule has 0 spiro atoms. The van der Waals surface area contributed by atoms with Gasteiger partial charge in [-0.3, -0.25) is 0 Å². The molecule has 0 saturated heterocycles. The molecule has 1 heteroatoms. The third kappa shape index (κ3) is 3.76. The third-order valence-electron chi connectivity index (χ3n) is 4.47. The number of benzene rings is 1. The van der Waals surface area contributed by atoms with Crippen LogP contribution in [0.1, 0.15) is 69.8 Å². The highest BCUT2D eigenvalue weighted by Gasteiger charge is 2.21. The van der Waals surface area contributed by atoms with E-state index in [1.54, 1.807) is 0 Å². The first-order valence-electron chi connectivity index (χ1n) is 7.65. The number of hydrogen-bond donors (Lipinski definition) is 1. The van der Waals surface area contributed by atoms with Crippen LogP contribution in [0.4, 0.5) is 5.69 Å². The van der Waals surface area contributed by atoms with E-state index in [2.05, 4.69) is 19.1 Å². The van der Waals surface area contributed by atoms with Crippen LogP contribution in [0.25, 0.3) is 0 Å². The van der Waals surface area contributed by atoms with Crippen molar-refractivity contribution in [3.8, 4) is 0 Å². The topological polar surface area (TPSA) is 26.0 Å². The summed E-state index contributed by atoms with van der Waals surface area (Å²) in [6.07, 6.45) is 11.3. The quantitative estimate of drug-likeness (QED) is 0.565. The van der Waals surface area contributed by atoms with E-state index in [4.69, 9.17) is 5.73 Å². The van der Waals surface area contributed by atoms with Crippen molar-refractivity contribution < 1.29 is 0 Å². The van der Waals surface area contributed by atoms with Gasteiger partial charge in [-0.25, -0.2) is 0 Å². The lowest BCUT2D eigenvalue weighted by Crippen LogP contribution is -2.13. The first kappa shape index (κ1) is 13.5. The van der Waals surface area contributed by atoms with Gasteiger partial charge in [0.05, 0.1) is 0 Å². The average Bonchev–Trinajstić information content (AvgIpc) is 2.41. The van der Waals surface area contributed by atoms with Gasteiger partial charge in [-0.05, 0) is 55.2 Å². The van der Waals surface area contributed by atoms with Crippen molar-refractivity contribution >= 4 is 5.69 Å². The van der Waals surface area contributed by atoms with Crippen LogP contribution in [0.15, 0.2) is 24.3 Å². The molecular weight excluding hydrogens is 218 g/mol. The number of anilines is 1. The van der Waals surface area contributed by atoms with E-state index in [0.717, 1.165) is 17.5 Å². The zero-order valence-corrected chi connectivity index (χ0v) is 11.7. The molecule has 1 aliphatic carbocycles. The van der Waals surface area contributed by atoms with Crippen LogP contribution in [0, 0.1) is 5.92 Å².